The standard InChI is InChI=1S/C12H8BrClFNO/c13-10-5-4-8(15)6-11(10)17-7-9-2-1-3-12(14)16-9/h1-6H,7H2. The zero-order chi connectivity index (χ0) is 12.3. The van der Waals surface area contributed by atoms with Crippen molar-refractivity contribution in [2.45, 2.75) is 6.61 Å². The molecule has 1 aromatic carbocycles. The number of hydrogen-bond acceptors (Lipinski definition) is 2. The topological polar surface area (TPSA) is 22.1 Å². The lowest BCUT2D eigenvalue weighted by Crippen LogP contribution is -1.99. The van der Waals surface area contributed by atoms with Gasteiger partial charge in [-0.1, -0.05) is 17.7 Å². The molecule has 0 amide bonds. The van der Waals surface area contributed by atoms with Crippen LogP contribution in [-0.2, 0) is 6.61 Å². The van der Waals surface area contributed by atoms with Gasteiger partial charge in [0.15, 0.2) is 0 Å². The van der Waals surface area contributed by atoms with Gasteiger partial charge in [0.05, 0.1) is 10.2 Å². The van der Waals surface area contributed by atoms with E-state index in [1.807, 2.05) is 0 Å². The molecule has 0 aliphatic heterocycles. The molecule has 17 heavy (non-hydrogen) atoms. The summed E-state index contributed by atoms with van der Waals surface area (Å²) in [6.45, 7) is 0.239. The zero-order valence-electron chi connectivity index (χ0n) is 8.66. The Morgan fingerprint density at radius 1 is 1.29 bits per heavy atom. The first-order valence-corrected chi connectivity index (χ1v) is 6.01. The SMILES string of the molecule is Fc1ccc(Br)c(OCc2cccc(Cl)n2)c1. The van der Waals surface area contributed by atoms with Crippen LogP contribution in [-0.4, -0.2) is 4.98 Å². The molecule has 0 N–H and O–H groups in total. The van der Waals surface area contributed by atoms with Gasteiger partial charge in [0.25, 0.3) is 0 Å². The van der Waals surface area contributed by atoms with Crippen LogP contribution >= 0.6 is 27.5 Å². The number of ether oxygens (including phenoxy) is 1. The van der Waals surface area contributed by atoms with Gasteiger partial charge in [-0.2, -0.15) is 0 Å². The first-order chi connectivity index (χ1) is 8.15. The number of rotatable bonds is 3. The lowest BCUT2D eigenvalue weighted by atomic mass is 10.3. The Morgan fingerprint density at radius 2 is 2.12 bits per heavy atom. The molecule has 0 bridgehead atoms. The highest BCUT2D eigenvalue weighted by Gasteiger charge is 2.04. The predicted molar refractivity (Wildman–Crippen MR) is 67.7 cm³/mol. The van der Waals surface area contributed by atoms with Crippen LogP contribution in [0.5, 0.6) is 5.75 Å². The van der Waals surface area contributed by atoms with Crippen molar-refractivity contribution >= 4 is 27.5 Å². The first kappa shape index (κ1) is 12.3. The van der Waals surface area contributed by atoms with Crippen LogP contribution in [0.2, 0.25) is 5.15 Å². The van der Waals surface area contributed by atoms with E-state index in [0.29, 0.717) is 21.1 Å². The van der Waals surface area contributed by atoms with E-state index >= 15 is 0 Å². The average Bonchev–Trinajstić information content (AvgIpc) is 2.30. The lowest BCUT2D eigenvalue weighted by Gasteiger charge is -2.07. The van der Waals surface area contributed by atoms with Crippen molar-refractivity contribution in [1.82, 2.24) is 4.98 Å². The van der Waals surface area contributed by atoms with Crippen LogP contribution in [0.15, 0.2) is 40.9 Å². The quantitative estimate of drug-likeness (QED) is 0.791. The number of aromatic nitrogens is 1. The van der Waals surface area contributed by atoms with Crippen molar-refractivity contribution < 1.29 is 9.13 Å². The van der Waals surface area contributed by atoms with Gasteiger partial charge < -0.3 is 4.74 Å². The average molecular weight is 317 g/mol. The highest BCUT2D eigenvalue weighted by atomic mass is 79.9. The number of pyridine rings is 1. The Kier molecular flexibility index (Phi) is 3.97. The molecule has 0 aliphatic carbocycles. The molecule has 5 heteroatoms. The third-order valence-electron chi connectivity index (χ3n) is 2.04. The van der Waals surface area contributed by atoms with Crippen LogP contribution in [0.25, 0.3) is 0 Å². The van der Waals surface area contributed by atoms with Crippen molar-refractivity contribution in [3.8, 4) is 5.75 Å². The predicted octanol–water partition coefficient (Wildman–Crippen LogP) is 4.22. The Hall–Kier alpha value is -1.13. The summed E-state index contributed by atoms with van der Waals surface area (Å²) in [7, 11) is 0. The third kappa shape index (κ3) is 3.41. The molecular formula is C12H8BrClFNO. The maximum absolute atomic E-state index is 13.0. The van der Waals surface area contributed by atoms with Crippen LogP contribution in [0, 0.1) is 5.82 Å². The van der Waals surface area contributed by atoms with E-state index in [4.69, 9.17) is 16.3 Å². The van der Waals surface area contributed by atoms with Gasteiger partial charge in [0.1, 0.15) is 23.3 Å². The molecule has 1 aromatic heterocycles. The van der Waals surface area contributed by atoms with Crippen molar-refractivity contribution in [3.05, 3.63) is 57.5 Å². The third-order valence-corrected chi connectivity index (χ3v) is 2.91. The van der Waals surface area contributed by atoms with Gasteiger partial charge in [-0.05, 0) is 40.2 Å². The molecule has 0 spiro atoms. The highest BCUT2D eigenvalue weighted by molar-refractivity contribution is 9.10. The second kappa shape index (κ2) is 5.47. The van der Waals surface area contributed by atoms with E-state index in [1.54, 1.807) is 24.3 Å². The fraction of sp³-hybridized carbons (Fsp3) is 0.0833. The minimum absolute atomic E-state index is 0.239. The minimum atomic E-state index is -0.345. The molecule has 0 radical (unpaired) electrons. The molecule has 0 atom stereocenters. The summed E-state index contributed by atoms with van der Waals surface area (Å²) in [5.41, 5.74) is 0.689. The molecule has 88 valence electrons. The molecule has 0 saturated heterocycles. The normalized spacial score (nSPS) is 10.3. The highest BCUT2D eigenvalue weighted by Crippen LogP contribution is 2.26. The summed E-state index contributed by atoms with van der Waals surface area (Å²) < 4.78 is 19.1. The fourth-order valence-electron chi connectivity index (χ4n) is 1.27. The summed E-state index contributed by atoms with van der Waals surface area (Å²) in [6.07, 6.45) is 0. The van der Waals surface area contributed by atoms with E-state index in [-0.39, 0.29) is 12.4 Å². The molecule has 0 fully saturated rings. The van der Waals surface area contributed by atoms with Gasteiger partial charge in [-0.3, -0.25) is 0 Å². The van der Waals surface area contributed by atoms with Gasteiger partial charge in [-0.25, -0.2) is 9.37 Å². The monoisotopic (exact) mass is 315 g/mol. The van der Waals surface area contributed by atoms with Gasteiger partial charge >= 0.3 is 0 Å². The van der Waals surface area contributed by atoms with E-state index in [0.717, 1.165) is 0 Å². The minimum Gasteiger partial charge on any atom is -0.486 e. The second-order valence-electron chi connectivity index (χ2n) is 3.32. The van der Waals surface area contributed by atoms with E-state index in [1.165, 1.54) is 12.1 Å². The Bertz CT molecular complexity index is 536. The largest absolute Gasteiger partial charge is 0.486 e. The molecule has 0 unspecified atom stereocenters. The van der Waals surface area contributed by atoms with Gasteiger partial charge in [0.2, 0.25) is 0 Å². The summed E-state index contributed by atoms with van der Waals surface area (Å²) >= 11 is 9.03. The van der Waals surface area contributed by atoms with Gasteiger partial charge in [-0.15, -0.1) is 0 Å². The molecule has 0 saturated carbocycles. The molecule has 2 rings (SSSR count). The smallest absolute Gasteiger partial charge is 0.136 e. The van der Waals surface area contributed by atoms with Gasteiger partial charge in [0, 0.05) is 6.07 Å². The Balaban J connectivity index is 2.09. The molecular weight excluding hydrogens is 308 g/mol. The van der Waals surface area contributed by atoms with Crippen LogP contribution in [0.1, 0.15) is 5.69 Å². The zero-order valence-corrected chi connectivity index (χ0v) is 11.0. The number of halogens is 3. The summed E-state index contributed by atoms with van der Waals surface area (Å²) in [5, 5.41) is 0.407. The summed E-state index contributed by atoms with van der Waals surface area (Å²) in [4.78, 5) is 4.07. The van der Waals surface area contributed by atoms with Crippen molar-refractivity contribution in [3.63, 3.8) is 0 Å². The van der Waals surface area contributed by atoms with Crippen molar-refractivity contribution in [1.29, 1.82) is 0 Å². The molecule has 2 nitrogen and oxygen atoms in total. The molecule has 2 aromatic rings. The maximum Gasteiger partial charge on any atom is 0.136 e. The second-order valence-corrected chi connectivity index (χ2v) is 4.56. The number of nitrogens with zero attached hydrogens (tertiary/aromatic N) is 1. The Labute approximate surface area is 112 Å². The summed E-state index contributed by atoms with van der Waals surface area (Å²) in [5.74, 6) is 0.0917. The van der Waals surface area contributed by atoms with E-state index in [9.17, 15) is 4.39 Å². The van der Waals surface area contributed by atoms with Crippen LogP contribution < -0.4 is 4.74 Å². The van der Waals surface area contributed by atoms with Crippen LogP contribution in [0.4, 0.5) is 4.39 Å². The fourth-order valence-corrected chi connectivity index (χ4v) is 1.81. The van der Waals surface area contributed by atoms with Crippen molar-refractivity contribution in [2.75, 3.05) is 0 Å². The van der Waals surface area contributed by atoms with Crippen molar-refractivity contribution in [2.24, 2.45) is 0 Å². The molecule has 1 heterocycles. The number of benzene rings is 1. The lowest BCUT2D eigenvalue weighted by molar-refractivity contribution is 0.298. The number of hydrogen-bond donors (Lipinski definition) is 0. The van der Waals surface area contributed by atoms with E-state index < -0.39 is 0 Å². The molecule has 0 aliphatic rings. The first-order valence-electron chi connectivity index (χ1n) is 4.84. The Morgan fingerprint density at radius 3 is 2.88 bits per heavy atom. The van der Waals surface area contributed by atoms with E-state index in [2.05, 4.69) is 20.9 Å². The van der Waals surface area contributed by atoms with Crippen LogP contribution in [0.3, 0.4) is 0 Å². The summed E-state index contributed by atoms with van der Waals surface area (Å²) in [6, 6.07) is 9.52. The maximum atomic E-state index is 13.0.